The number of allylic oxidation sites excluding steroid dienone is 3. The molecule has 2 rings (SSSR count). The Bertz CT molecular complexity index is 319. The first-order valence-electron chi connectivity index (χ1n) is 3.73. The van der Waals surface area contributed by atoms with Gasteiger partial charge in [-0.25, -0.2) is 0 Å². The lowest BCUT2D eigenvalue weighted by Gasteiger charge is -2.10. The maximum Gasteiger partial charge on any atom is -0.00760 e. The van der Waals surface area contributed by atoms with E-state index in [2.05, 4.69) is 30.9 Å². The van der Waals surface area contributed by atoms with E-state index in [1.165, 1.54) is 11.1 Å². The SMILES string of the molecule is C=C1C=CCc2ccc[c]c21. The summed E-state index contributed by atoms with van der Waals surface area (Å²) in [5.41, 5.74) is 3.59. The minimum absolute atomic E-state index is 1.02. The standard InChI is InChI=1S/C11H9/c1-9-5-4-7-10-6-2-3-8-11(9)10/h2-6H,1,7H2. The normalized spacial score (nSPS) is 14.7. The fourth-order valence-corrected chi connectivity index (χ4v) is 1.35. The summed E-state index contributed by atoms with van der Waals surface area (Å²) in [6.45, 7) is 3.94. The van der Waals surface area contributed by atoms with Gasteiger partial charge >= 0.3 is 0 Å². The molecule has 0 atom stereocenters. The van der Waals surface area contributed by atoms with Crippen LogP contribution in [0.25, 0.3) is 5.57 Å². The predicted octanol–water partition coefficient (Wildman–Crippen LogP) is 2.61. The molecule has 0 saturated carbocycles. The van der Waals surface area contributed by atoms with E-state index in [4.69, 9.17) is 0 Å². The van der Waals surface area contributed by atoms with E-state index in [-0.39, 0.29) is 0 Å². The Morgan fingerprint density at radius 1 is 1.45 bits per heavy atom. The molecule has 0 N–H and O–H groups in total. The lowest BCUT2D eigenvalue weighted by atomic mass is 9.94. The smallest absolute Gasteiger partial charge is 0.00760 e. The third-order valence-electron chi connectivity index (χ3n) is 1.92. The Labute approximate surface area is 66.9 Å². The van der Waals surface area contributed by atoms with Crippen molar-refractivity contribution in [1.82, 2.24) is 0 Å². The zero-order valence-corrected chi connectivity index (χ0v) is 6.30. The number of hydrogen-bond acceptors (Lipinski definition) is 0. The average Bonchev–Trinajstić information content (AvgIpc) is 2.06. The minimum Gasteiger partial charge on any atom is -0.0911 e. The first-order valence-corrected chi connectivity index (χ1v) is 3.73. The Balaban J connectivity index is 2.59. The fourth-order valence-electron chi connectivity index (χ4n) is 1.35. The van der Waals surface area contributed by atoms with Crippen molar-refractivity contribution in [3.05, 3.63) is 54.1 Å². The van der Waals surface area contributed by atoms with Gasteiger partial charge in [0.1, 0.15) is 0 Å². The highest BCUT2D eigenvalue weighted by atomic mass is 14.1. The summed E-state index contributed by atoms with van der Waals surface area (Å²) >= 11 is 0. The van der Waals surface area contributed by atoms with Crippen molar-refractivity contribution in [2.75, 3.05) is 0 Å². The van der Waals surface area contributed by atoms with Gasteiger partial charge in [0.05, 0.1) is 0 Å². The Morgan fingerprint density at radius 3 is 3.18 bits per heavy atom. The van der Waals surface area contributed by atoms with Gasteiger partial charge in [0.15, 0.2) is 0 Å². The van der Waals surface area contributed by atoms with E-state index in [0.717, 1.165) is 12.0 Å². The molecule has 1 aliphatic carbocycles. The molecule has 0 heteroatoms. The van der Waals surface area contributed by atoms with Crippen LogP contribution in [-0.2, 0) is 6.42 Å². The molecule has 0 nitrogen and oxygen atoms in total. The molecule has 0 unspecified atom stereocenters. The number of hydrogen-bond donors (Lipinski definition) is 0. The van der Waals surface area contributed by atoms with E-state index < -0.39 is 0 Å². The summed E-state index contributed by atoms with van der Waals surface area (Å²) in [6.07, 6.45) is 5.21. The zero-order chi connectivity index (χ0) is 7.68. The predicted molar refractivity (Wildman–Crippen MR) is 47.2 cm³/mol. The largest absolute Gasteiger partial charge is 0.0911 e. The van der Waals surface area contributed by atoms with E-state index in [9.17, 15) is 0 Å². The van der Waals surface area contributed by atoms with Crippen LogP contribution in [0, 0.1) is 6.07 Å². The van der Waals surface area contributed by atoms with Gasteiger partial charge in [0.25, 0.3) is 0 Å². The molecule has 0 saturated heterocycles. The van der Waals surface area contributed by atoms with Crippen LogP contribution in [0.4, 0.5) is 0 Å². The van der Waals surface area contributed by atoms with Crippen molar-refractivity contribution in [3.63, 3.8) is 0 Å². The van der Waals surface area contributed by atoms with Crippen LogP contribution >= 0.6 is 0 Å². The molecule has 1 aromatic rings. The van der Waals surface area contributed by atoms with Gasteiger partial charge < -0.3 is 0 Å². The molecule has 0 fully saturated rings. The van der Waals surface area contributed by atoms with Crippen molar-refractivity contribution in [3.8, 4) is 0 Å². The summed E-state index contributed by atoms with van der Waals surface area (Å²) in [7, 11) is 0. The van der Waals surface area contributed by atoms with Crippen LogP contribution in [0.1, 0.15) is 11.1 Å². The van der Waals surface area contributed by atoms with Gasteiger partial charge in [0, 0.05) is 0 Å². The molecule has 1 aromatic carbocycles. The van der Waals surface area contributed by atoms with Crippen molar-refractivity contribution in [1.29, 1.82) is 0 Å². The molecule has 11 heavy (non-hydrogen) atoms. The molecular weight excluding hydrogens is 132 g/mol. The summed E-state index contributed by atoms with van der Waals surface area (Å²) in [5.74, 6) is 0. The fraction of sp³-hybridized carbons (Fsp3) is 0.0909. The molecule has 0 bridgehead atoms. The topological polar surface area (TPSA) is 0 Å². The van der Waals surface area contributed by atoms with Crippen molar-refractivity contribution in [2.24, 2.45) is 0 Å². The van der Waals surface area contributed by atoms with Crippen LogP contribution in [0.2, 0.25) is 0 Å². The summed E-state index contributed by atoms with van der Waals surface area (Å²) in [4.78, 5) is 0. The number of rotatable bonds is 0. The second kappa shape index (κ2) is 2.39. The van der Waals surface area contributed by atoms with Gasteiger partial charge in [-0.2, -0.15) is 0 Å². The minimum atomic E-state index is 1.02. The van der Waals surface area contributed by atoms with Crippen LogP contribution in [-0.4, -0.2) is 0 Å². The third-order valence-corrected chi connectivity index (χ3v) is 1.92. The molecule has 53 valence electrons. The Morgan fingerprint density at radius 2 is 2.36 bits per heavy atom. The highest BCUT2D eigenvalue weighted by Crippen LogP contribution is 2.22. The number of fused-ring (bicyclic) bond motifs is 1. The first-order chi connectivity index (χ1) is 5.38. The summed E-state index contributed by atoms with van der Waals surface area (Å²) in [6, 6.07) is 9.27. The van der Waals surface area contributed by atoms with E-state index in [1.54, 1.807) is 0 Å². The maximum absolute atomic E-state index is 3.94. The zero-order valence-electron chi connectivity index (χ0n) is 6.30. The van der Waals surface area contributed by atoms with E-state index >= 15 is 0 Å². The second-order valence-electron chi connectivity index (χ2n) is 2.70. The second-order valence-corrected chi connectivity index (χ2v) is 2.70. The van der Waals surface area contributed by atoms with Gasteiger partial charge in [-0.05, 0) is 29.2 Å². The Hall–Kier alpha value is -1.30. The Kier molecular flexibility index (Phi) is 1.39. The van der Waals surface area contributed by atoms with E-state index in [0.29, 0.717) is 0 Å². The molecule has 0 aliphatic heterocycles. The lowest BCUT2D eigenvalue weighted by molar-refractivity contribution is 1.23. The highest BCUT2D eigenvalue weighted by Gasteiger charge is 2.05. The molecular formula is C11H9. The molecule has 0 aromatic heterocycles. The summed E-state index contributed by atoms with van der Waals surface area (Å²) in [5, 5.41) is 0. The average molecular weight is 141 g/mol. The number of benzene rings is 1. The molecule has 0 spiro atoms. The van der Waals surface area contributed by atoms with Crippen LogP contribution < -0.4 is 0 Å². The lowest BCUT2D eigenvalue weighted by Crippen LogP contribution is -1.94. The van der Waals surface area contributed by atoms with Gasteiger partial charge in [0.2, 0.25) is 0 Å². The van der Waals surface area contributed by atoms with Gasteiger partial charge in [-0.3, -0.25) is 0 Å². The molecule has 0 amide bonds. The van der Waals surface area contributed by atoms with Crippen molar-refractivity contribution >= 4 is 5.57 Å². The first kappa shape index (κ1) is 6.41. The third kappa shape index (κ3) is 1.01. The molecule has 1 radical (unpaired) electrons. The van der Waals surface area contributed by atoms with Crippen molar-refractivity contribution < 1.29 is 0 Å². The van der Waals surface area contributed by atoms with Crippen LogP contribution in [0.3, 0.4) is 0 Å². The van der Waals surface area contributed by atoms with Crippen LogP contribution in [0.15, 0.2) is 36.9 Å². The van der Waals surface area contributed by atoms with Crippen molar-refractivity contribution in [2.45, 2.75) is 6.42 Å². The summed E-state index contributed by atoms with van der Waals surface area (Å²) < 4.78 is 0. The quantitative estimate of drug-likeness (QED) is 0.521. The van der Waals surface area contributed by atoms with Crippen LogP contribution in [0.5, 0.6) is 0 Å². The molecule has 1 aliphatic rings. The maximum atomic E-state index is 3.94. The van der Waals surface area contributed by atoms with E-state index in [1.807, 2.05) is 12.1 Å². The highest BCUT2D eigenvalue weighted by molar-refractivity contribution is 5.75. The monoisotopic (exact) mass is 141 g/mol. The van der Waals surface area contributed by atoms with Gasteiger partial charge in [-0.15, -0.1) is 0 Å². The van der Waals surface area contributed by atoms with Gasteiger partial charge in [-0.1, -0.05) is 36.9 Å². The molecule has 0 heterocycles.